The number of hydrogen-bond donors (Lipinski definition) is 1. The molecule has 1 N–H and O–H groups in total. The summed E-state index contributed by atoms with van der Waals surface area (Å²) in [6.07, 6.45) is 8.55. The Morgan fingerprint density at radius 2 is 1.82 bits per heavy atom. The predicted octanol–water partition coefficient (Wildman–Crippen LogP) is 4.24. The van der Waals surface area contributed by atoms with E-state index in [0.29, 0.717) is 47.0 Å². The Hall–Kier alpha value is -1.46. The molecular weight excluding hydrogens is 416 g/mol. The van der Waals surface area contributed by atoms with E-state index < -0.39 is 12.2 Å². The van der Waals surface area contributed by atoms with Gasteiger partial charge in [0.2, 0.25) is 0 Å². The van der Waals surface area contributed by atoms with Gasteiger partial charge in [-0.3, -0.25) is 4.79 Å². The van der Waals surface area contributed by atoms with Crippen molar-refractivity contribution in [2.24, 2.45) is 46.3 Å². The third kappa shape index (κ3) is 2.73. The van der Waals surface area contributed by atoms with Crippen LogP contribution in [0.5, 0.6) is 0 Å². The lowest BCUT2D eigenvalue weighted by molar-refractivity contribution is -0.161. The van der Waals surface area contributed by atoms with E-state index in [9.17, 15) is 14.7 Å². The van der Waals surface area contributed by atoms with Crippen LogP contribution in [0, 0.1) is 46.3 Å². The molecule has 0 aromatic rings. The van der Waals surface area contributed by atoms with E-state index in [4.69, 9.17) is 9.47 Å². The van der Waals surface area contributed by atoms with Gasteiger partial charge in [0.15, 0.2) is 5.78 Å². The van der Waals surface area contributed by atoms with E-state index in [1.165, 1.54) is 0 Å². The van der Waals surface area contributed by atoms with Crippen LogP contribution in [-0.2, 0) is 19.1 Å². The zero-order valence-electron chi connectivity index (χ0n) is 20.5. The lowest BCUT2D eigenvalue weighted by atomic mass is 9.45. The van der Waals surface area contributed by atoms with Crippen LogP contribution in [-0.4, -0.2) is 41.3 Å². The second kappa shape index (κ2) is 7.04. The second-order valence-electron chi connectivity index (χ2n) is 12.5. The maximum Gasteiger partial charge on any atom is 0.334 e. The highest BCUT2D eigenvalue weighted by molar-refractivity contribution is 5.96. The maximum absolute atomic E-state index is 13.2. The minimum Gasteiger partial charge on any atom is -0.456 e. The Kier molecular flexibility index (Phi) is 4.70. The maximum atomic E-state index is 13.2. The number of aliphatic hydroxyl groups excluding tert-OH is 1. The predicted molar refractivity (Wildman–Crippen MR) is 123 cm³/mol. The average Bonchev–Trinajstić information content (AvgIpc) is 3.50. The monoisotopic (exact) mass is 454 g/mol. The van der Waals surface area contributed by atoms with Crippen molar-refractivity contribution < 1.29 is 24.2 Å². The minimum absolute atomic E-state index is 0.0839. The number of ether oxygens (including phenoxy) is 2. The van der Waals surface area contributed by atoms with Gasteiger partial charge in [-0.1, -0.05) is 26.8 Å². The summed E-state index contributed by atoms with van der Waals surface area (Å²) in [6, 6.07) is 0. The lowest BCUT2D eigenvalue weighted by Crippen LogP contribution is -2.59. The molecule has 180 valence electrons. The van der Waals surface area contributed by atoms with Gasteiger partial charge in [0.1, 0.15) is 12.2 Å². The smallest absolute Gasteiger partial charge is 0.334 e. The molecule has 5 heteroatoms. The third-order valence-electron chi connectivity index (χ3n) is 11.5. The number of cyclic esters (lactones) is 1. The van der Waals surface area contributed by atoms with Gasteiger partial charge >= 0.3 is 5.97 Å². The standard InChI is InChI=1S/C28H38O5/c1-13-14(2)26(31)33-23(22(13)30)15(3)16-9-10-17-21-18(11-12-27(16,17)4)28(5)19(24-25(21)32-24)7-6-8-20(28)29/h6,8,15-19,21-25,30H,7,9-12H2,1-5H3/t15-,16-,17+,18+,19-,21+,22+,23+,24-,25+,27-,28-/m1/s1. The Bertz CT molecular complexity index is 965. The van der Waals surface area contributed by atoms with E-state index in [2.05, 4.69) is 26.8 Å². The van der Waals surface area contributed by atoms with Crippen LogP contribution in [0.2, 0.25) is 0 Å². The van der Waals surface area contributed by atoms with E-state index >= 15 is 0 Å². The summed E-state index contributed by atoms with van der Waals surface area (Å²) in [4.78, 5) is 25.7. The van der Waals surface area contributed by atoms with Gasteiger partial charge in [-0.15, -0.1) is 0 Å². The van der Waals surface area contributed by atoms with Gasteiger partial charge in [0.25, 0.3) is 0 Å². The third-order valence-corrected chi connectivity index (χ3v) is 11.5. The molecule has 12 atom stereocenters. The van der Waals surface area contributed by atoms with Crippen LogP contribution in [0.3, 0.4) is 0 Å². The molecule has 0 aromatic heterocycles. The van der Waals surface area contributed by atoms with Gasteiger partial charge in [0.05, 0.1) is 12.2 Å². The molecule has 0 aromatic carbocycles. The molecule has 2 heterocycles. The molecule has 6 aliphatic rings. The molecule has 4 aliphatic carbocycles. The zero-order chi connectivity index (χ0) is 23.4. The number of carbonyl (C=O) groups excluding carboxylic acids is 2. The molecule has 1 saturated heterocycles. The molecule has 0 spiro atoms. The number of aliphatic hydroxyl groups is 1. The van der Waals surface area contributed by atoms with Gasteiger partial charge in [0, 0.05) is 16.9 Å². The largest absolute Gasteiger partial charge is 0.456 e. The number of ketones is 1. The fourth-order valence-electron chi connectivity index (χ4n) is 9.42. The van der Waals surface area contributed by atoms with E-state index in [-0.39, 0.29) is 28.8 Å². The van der Waals surface area contributed by atoms with Crippen molar-refractivity contribution in [3.63, 3.8) is 0 Å². The molecule has 2 aliphatic heterocycles. The number of esters is 1. The summed E-state index contributed by atoms with van der Waals surface area (Å²) in [5.41, 5.74) is 1.10. The normalized spacial score (nSPS) is 53.6. The van der Waals surface area contributed by atoms with Crippen LogP contribution in [0.4, 0.5) is 0 Å². The first-order valence-electron chi connectivity index (χ1n) is 13.0. The summed E-state index contributed by atoms with van der Waals surface area (Å²) in [6.45, 7) is 10.4. The molecule has 4 fully saturated rings. The zero-order valence-corrected chi connectivity index (χ0v) is 20.5. The molecule has 6 rings (SSSR count). The van der Waals surface area contributed by atoms with Crippen molar-refractivity contribution in [3.05, 3.63) is 23.3 Å². The highest BCUT2D eigenvalue weighted by Crippen LogP contribution is 2.71. The SMILES string of the molecule is CC1=C(C)[C@H](O)[C@H]([C@H](C)[C@H]2CC[C@H]3[C@@H]4[C@@H]5O[C@@H]5[C@H]5CC=CC(=O)[C@]5(C)[C@H]4CC[C@]23C)OC1=O. The Morgan fingerprint density at radius 1 is 1.06 bits per heavy atom. The van der Waals surface area contributed by atoms with Gasteiger partial charge in [-0.25, -0.2) is 4.79 Å². The number of carbonyl (C=O) groups is 2. The second-order valence-corrected chi connectivity index (χ2v) is 12.5. The summed E-state index contributed by atoms with van der Waals surface area (Å²) in [5.74, 6) is 2.16. The highest BCUT2D eigenvalue weighted by Gasteiger charge is 2.72. The van der Waals surface area contributed by atoms with Crippen LogP contribution in [0.15, 0.2) is 23.3 Å². The van der Waals surface area contributed by atoms with E-state index in [0.717, 1.165) is 37.7 Å². The fourth-order valence-corrected chi connectivity index (χ4v) is 9.42. The lowest BCUT2D eigenvalue weighted by Gasteiger charge is -2.57. The molecule has 0 amide bonds. The van der Waals surface area contributed by atoms with Crippen LogP contribution in [0.1, 0.15) is 66.7 Å². The van der Waals surface area contributed by atoms with Gasteiger partial charge in [-0.2, -0.15) is 0 Å². The summed E-state index contributed by atoms with van der Waals surface area (Å²) in [7, 11) is 0. The molecular formula is C28H38O5. The van der Waals surface area contributed by atoms with Crippen LogP contribution >= 0.6 is 0 Å². The summed E-state index contributed by atoms with van der Waals surface area (Å²) < 4.78 is 12.1. The van der Waals surface area contributed by atoms with Crippen LogP contribution < -0.4 is 0 Å². The molecule has 33 heavy (non-hydrogen) atoms. The van der Waals surface area contributed by atoms with Crippen LogP contribution in [0.25, 0.3) is 0 Å². The van der Waals surface area contributed by atoms with Gasteiger partial charge in [-0.05, 0) is 92.6 Å². The van der Waals surface area contributed by atoms with Crippen molar-refractivity contribution in [1.29, 1.82) is 0 Å². The van der Waals surface area contributed by atoms with Gasteiger partial charge < -0.3 is 14.6 Å². The first kappa shape index (κ1) is 22.0. The topological polar surface area (TPSA) is 76.1 Å². The molecule has 0 bridgehead atoms. The number of fused-ring (bicyclic) bond motifs is 8. The van der Waals surface area contributed by atoms with Crippen molar-refractivity contribution in [3.8, 4) is 0 Å². The molecule has 0 unspecified atom stereocenters. The minimum atomic E-state index is -0.728. The number of rotatable bonds is 2. The number of epoxide rings is 1. The summed E-state index contributed by atoms with van der Waals surface area (Å²) >= 11 is 0. The first-order valence-corrected chi connectivity index (χ1v) is 13.0. The quantitative estimate of drug-likeness (QED) is 0.499. The van der Waals surface area contributed by atoms with Crippen molar-refractivity contribution in [1.82, 2.24) is 0 Å². The van der Waals surface area contributed by atoms with Crippen molar-refractivity contribution in [2.75, 3.05) is 0 Å². The van der Waals surface area contributed by atoms with E-state index in [1.54, 1.807) is 6.92 Å². The van der Waals surface area contributed by atoms with Crippen molar-refractivity contribution in [2.45, 2.75) is 91.1 Å². The van der Waals surface area contributed by atoms with Crippen molar-refractivity contribution >= 4 is 11.8 Å². The Balaban J connectivity index is 1.30. The molecule has 0 radical (unpaired) electrons. The number of hydrogen-bond acceptors (Lipinski definition) is 5. The highest BCUT2D eigenvalue weighted by atomic mass is 16.6. The molecule has 3 saturated carbocycles. The first-order chi connectivity index (χ1) is 15.6. The summed E-state index contributed by atoms with van der Waals surface area (Å²) in [5, 5.41) is 11.0. The average molecular weight is 455 g/mol. The van der Waals surface area contributed by atoms with E-state index in [1.807, 2.05) is 13.0 Å². The fraction of sp³-hybridized carbons (Fsp3) is 0.786. The Morgan fingerprint density at radius 3 is 2.58 bits per heavy atom. The Labute approximate surface area is 197 Å². The number of allylic oxidation sites excluding steroid dienone is 2. The molecule has 5 nitrogen and oxygen atoms in total.